The number of rotatable bonds is 2. The van der Waals surface area contributed by atoms with Crippen molar-refractivity contribution in [3.05, 3.63) is 58.1 Å². The van der Waals surface area contributed by atoms with Crippen LogP contribution in [0.2, 0.25) is 18.1 Å². The molecule has 3 rings (SSSR count). The number of hydrogen-bond acceptors (Lipinski definition) is 1. The summed E-state index contributed by atoms with van der Waals surface area (Å²) in [6, 6.07) is 10.4. The molecule has 2 aromatic rings. The first-order chi connectivity index (χ1) is 11.1. The second kappa shape index (κ2) is 5.78. The normalized spacial score (nSPS) is 14.1. The molecule has 0 saturated heterocycles. The van der Waals surface area contributed by atoms with Crippen molar-refractivity contribution < 1.29 is 5.11 Å². The van der Waals surface area contributed by atoms with E-state index in [1.807, 2.05) is 12.1 Å². The van der Waals surface area contributed by atoms with Crippen LogP contribution in [0.1, 0.15) is 37.5 Å². The standard InChI is InChI=1S/C21H25ClOSi/c1-21(2,3)17-12-15(22)13-19(20(17)23)24(4,5)18-11-7-9-14-8-6-10-16(14)18/h6-7,9-13,23H,8H2,1-5H3. The van der Waals surface area contributed by atoms with E-state index in [-0.39, 0.29) is 5.41 Å². The molecule has 24 heavy (non-hydrogen) atoms. The summed E-state index contributed by atoms with van der Waals surface area (Å²) in [6.45, 7) is 10.9. The van der Waals surface area contributed by atoms with Crippen LogP contribution in [0.25, 0.3) is 6.08 Å². The molecule has 2 aromatic carbocycles. The van der Waals surface area contributed by atoms with Crippen LogP contribution < -0.4 is 10.4 Å². The van der Waals surface area contributed by atoms with Crippen LogP contribution in [0, 0.1) is 0 Å². The summed E-state index contributed by atoms with van der Waals surface area (Å²) in [5, 5.41) is 14.1. The molecular formula is C21H25ClOSi. The number of halogens is 1. The molecule has 0 saturated carbocycles. The summed E-state index contributed by atoms with van der Waals surface area (Å²) in [4.78, 5) is 0. The van der Waals surface area contributed by atoms with Crippen molar-refractivity contribution in [3.63, 3.8) is 0 Å². The van der Waals surface area contributed by atoms with Crippen LogP contribution in [0.15, 0.2) is 36.4 Å². The number of benzene rings is 2. The molecule has 0 heterocycles. The predicted molar refractivity (Wildman–Crippen MR) is 108 cm³/mol. The average molecular weight is 357 g/mol. The van der Waals surface area contributed by atoms with Crippen LogP contribution in [-0.2, 0) is 11.8 Å². The van der Waals surface area contributed by atoms with Crippen LogP contribution in [0.4, 0.5) is 0 Å². The maximum absolute atomic E-state index is 11.1. The topological polar surface area (TPSA) is 20.2 Å². The number of hydrogen-bond donors (Lipinski definition) is 1. The van der Waals surface area contributed by atoms with Crippen molar-refractivity contribution in [1.82, 2.24) is 0 Å². The summed E-state index contributed by atoms with van der Waals surface area (Å²) < 4.78 is 0. The van der Waals surface area contributed by atoms with Crippen molar-refractivity contribution >= 4 is 36.1 Å². The Morgan fingerprint density at radius 1 is 1.08 bits per heavy atom. The molecule has 0 amide bonds. The van der Waals surface area contributed by atoms with E-state index in [0.717, 1.165) is 17.2 Å². The SMILES string of the molecule is CC(C)(C)c1cc(Cl)cc([Si](C)(C)c2cccc3c2C=CC3)c1O. The maximum atomic E-state index is 11.1. The number of aromatic hydroxyl groups is 1. The van der Waals surface area contributed by atoms with Gasteiger partial charge in [-0.25, -0.2) is 0 Å². The van der Waals surface area contributed by atoms with Gasteiger partial charge < -0.3 is 5.11 Å². The molecule has 3 heteroatoms. The van der Waals surface area contributed by atoms with Gasteiger partial charge in [0.15, 0.2) is 0 Å². The Morgan fingerprint density at radius 3 is 2.46 bits per heavy atom. The Bertz CT molecular complexity index is 828. The van der Waals surface area contributed by atoms with E-state index in [0.29, 0.717) is 10.8 Å². The van der Waals surface area contributed by atoms with Crippen molar-refractivity contribution in [2.24, 2.45) is 0 Å². The lowest BCUT2D eigenvalue weighted by Gasteiger charge is -2.30. The molecule has 126 valence electrons. The smallest absolute Gasteiger partial charge is 0.119 e. The van der Waals surface area contributed by atoms with Crippen molar-refractivity contribution in [2.75, 3.05) is 0 Å². The van der Waals surface area contributed by atoms with Gasteiger partial charge in [0.25, 0.3) is 0 Å². The molecular weight excluding hydrogens is 332 g/mol. The van der Waals surface area contributed by atoms with Crippen molar-refractivity contribution in [3.8, 4) is 5.75 Å². The van der Waals surface area contributed by atoms with Gasteiger partial charge >= 0.3 is 0 Å². The fourth-order valence-corrected chi connectivity index (χ4v) is 6.90. The molecule has 0 bridgehead atoms. The first-order valence-corrected chi connectivity index (χ1v) is 11.8. The zero-order chi connectivity index (χ0) is 17.7. The number of phenols is 1. The molecule has 0 aromatic heterocycles. The summed E-state index contributed by atoms with van der Waals surface area (Å²) in [5.74, 6) is 0.420. The minimum atomic E-state index is -2.08. The average Bonchev–Trinajstić information content (AvgIpc) is 2.96. The van der Waals surface area contributed by atoms with Gasteiger partial charge in [-0.3, -0.25) is 0 Å². The van der Waals surface area contributed by atoms with E-state index in [9.17, 15) is 5.11 Å². The molecule has 1 N–H and O–H groups in total. The zero-order valence-electron chi connectivity index (χ0n) is 15.1. The maximum Gasteiger partial charge on any atom is 0.119 e. The van der Waals surface area contributed by atoms with E-state index >= 15 is 0 Å². The lowest BCUT2D eigenvalue weighted by Crippen LogP contribution is -2.54. The largest absolute Gasteiger partial charge is 0.508 e. The lowest BCUT2D eigenvalue weighted by molar-refractivity contribution is 0.450. The van der Waals surface area contributed by atoms with E-state index in [4.69, 9.17) is 11.6 Å². The highest BCUT2D eigenvalue weighted by Crippen LogP contribution is 2.33. The quantitative estimate of drug-likeness (QED) is 0.771. The Hall–Kier alpha value is -1.51. The third kappa shape index (κ3) is 2.82. The lowest BCUT2D eigenvalue weighted by atomic mass is 9.86. The van der Waals surface area contributed by atoms with Crippen molar-refractivity contribution in [2.45, 2.75) is 45.7 Å². The Balaban J connectivity index is 2.24. The van der Waals surface area contributed by atoms with Crippen LogP contribution in [-0.4, -0.2) is 13.2 Å². The van der Waals surface area contributed by atoms with Gasteiger partial charge in [0.05, 0.1) is 0 Å². The molecule has 0 aliphatic heterocycles. The summed E-state index contributed by atoms with van der Waals surface area (Å²) in [5.41, 5.74) is 3.50. The third-order valence-electron chi connectivity index (χ3n) is 5.05. The van der Waals surface area contributed by atoms with Gasteiger partial charge in [0, 0.05) is 10.6 Å². The number of fused-ring (bicyclic) bond motifs is 1. The Kier molecular flexibility index (Phi) is 4.17. The van der Waals surface area contributed by atoms with Crippen LogP contribution >= 0.6 is 11.6 Å². The predicted octanol–water partition coefficient (Wildman–Crippen LogP) is 4.74. The van der Waals surface area contributed by atoms with Crippen LogP contribution in [0.5, 0.6) is 5.75 Å². The van der Waals surface area contributed by atoms with Gasteiger partial charge in [-0.2, -0.15) is 0 Å². The van der Waals surface area contributed by atoms with E-state index in [1.54, 1.807) is 0 Å². The summed E-state index contributed by atoms with van der Waals surface area (Å²) >= 11 is 6.44. The fraction of sp³-hybridized carbons (Fsp3) is 0.333. The van der Waals surface area contributed by atoms with Crippen LogP contribution in [0.3, 0.4) is 0 Å². The van der Waals surface area contributed by atoms with E-state index in [2.05, 4.69) is 64.2 Å². The van der Waals surface area contributed by atoms with Gasteiger partial charge in [-0.15, -0.1) is 0 Å². The number of allylic oxidation sites excluding steroid dienone is 1. The second-order valence-electron chi connectivity index (χ2n) is 8.21. The molecule has 0 atom stereocenters. The van der Waals surface area contributed by atoms with E-state index < -0.39 is 8.07 Å². The summed E-state index contributed by atoms with van der Waals surface area (Å²) in [6.07, 6.45) is 5.45. The molecule has 0 unspecified atom stereocenters. The summed E-state index contributed by atoms with van der Waals surface area (Å²) in [7, 11) is -2.08. The Labute approximate surface area is 151 Å². The molecule has 1 nitrogen and oxygen atoms in total. The van der Waals surface area contributed by atoms with Crippen molar-refractivity contribution in [1.29, 1.82) is 0 Å². The van der Waals surface area contributed by atoms with Gasteiger partial charge in [0.1, 0.15) is 13.8 Å². The minimum Gasteiger partial charge on any atom is -0.508 e. The highest BCUT2D eigenvalue weighted by Gasteiger charge is 2.34. The molecule has 1 aliphatic carbocycles. The molecule has 0 fully saturated rings. The monoisotopic (exact) mass is 356 g/mol. The highest BCUT2D eigenvalue weighted by atomic mass is 35.5. The van der Waals surface area contributed by atoms with Gasteiger partial charge in [-0.1, -0.05) is 75.8 Å². The molecule has 0 radical (unpaired) electrons. The Morgan fingerprint density at radius 2 is 1.79 bits per heavy atom. The van der Waals surface area contributed by atoms with E-state index in [1.165, 1.54) is 16.3 Å². The molecule has 1 aliphatic rings. The van der Waals surface area contributed by atoms with Gasteiger partial charge in [-0.05, 0) is 45.5 Å². The first kappa shape index (κ1) is 17.3. The first-order valence-electron chi connectivity index (χ1n) is 8.45. The number of phenolic OH excluding ortho intramolecular Hbond substituents is 1. The van der Waals surface area contributed by atoms with Gasteiger partial charge in [0.2, 0.25) is 0 Å². The second-order valence-corrected chi connectivity index (χ2v) is 13.0. The third-order valence-corrected chi connectivity index (χ3v) is 8.78. The zero-order valence-corrected chi connectivity index (χ0v) is 16.8. The minimum absolute atomic E-state index is 0.146. The fourth-order valence-electron chi connectivity index (χ4n) is 3.63. The highest BCUT2D eigenvalue weighted by molar-refractivity contribution is 7.01. The molecule has 0 spiro atoms.